The van der Waals surface area contributed by atoms with Crippen molar-refractivity contribution in [2.45, 2.75) is 0 Å². The molecule has 2 heterocycles. The van der Waals surface area contributed by atoms with Gasteiger partial charge in [0.2, 0.25) is 5.95 Å². The van der Waals surface area contributed by atoms with E-state index in [1.807, 2.05) is 65.2 Å². The predicted octanol–water partition coefficient (Wildman–Crippen LogP) is 5.00. The fourth-order valence-corrected chi connectivity index (χ4v) is 3.55. The van der Waals surface area contributed by atoms with Gasteiger partial charge in [-0.05, 0) is 12.1 Å². The summed E-state index contributed by atoms with van der Waals surface area (Å²) in [6.45, 7) is 0. The van der Waals surface area contributed by atoms with Gasteiger partial charge in [0.1, 0.15) is 17.9 Å². The van der Waals surface area contributed by atoms with Crippen LogP contribution in [-0.2, 0) is 0 Å². The van der Waals surface area contributed by atoms with Crippen LogP contribution < -0.4 is 4.74 Å². The summed E-state index contributed by atoms with van der Waals surface area (Å²) in [4.78, 5) is 9.51. The maximum atomic E-state index is 5.44. The fraction of sp³-hybridized carbons (Fsp3) is 0.0417. The molecule has 1 N–H and O–H groups in total. The molecular weight excluding hydrogens is 374 g/mol. The molecule has 0 atom stereocenters. The zero-order chi connectivity index (χ0) is 20.3. The molecule has 2 aromatic heterocycles. The monoisotopic (exact) mass is 393 g/mol. The molecule has 0 saturated carbocycles. The number of hydrogen-bond donors (Lipinski definition) is 1. The average Bonchev–Trinajstić information content (AvgIpc) is 3.48. The first-order valence-electron chi connectivity index (χ1n) is 9.59. The van der Waals surface area contributed by atoms with Crippen molar-refractivity contribution in [3.63, 3.8) is 0 Å². The summed E-state index contributed by atoms with van der Waals surface area (Å²) >= 11 is 0. The molecule has 3 aromatic carbocycles. The highest BCUT2D eigenvalue weighted by Gasteiger charge is 2.23. The minimum Gasteiger partial charge on any atom is -0.497 e. The van der Waals surface area contributed by atoms with Crippen molar-refractivity contribution in [2.75, 3.05) is 7.11 Å². The highest BCUT2D eigenvalue weighted by Crippen LogP contribution is 2.38. The zero-order valence-corrected chi connectivity index (χ0v) is 16.4. The van der Waals surface area contributed by atoms with Crippen molar-refractivity contribution in [2.24, 2.45) is 0 Å². The molecule has 0 bridgehead atoms. The highest BCUT2D eigenvalue weighted by molar-refractivity contribution is 5.83. The molecule has 5 rings (SSSR count). The Morgan fingerprint density at radius 3 is 2.17 bits per heavy atom. The van der Waals surface area contributed by atoms with Gasteiger partial charge < -0.3 is 4.74 Å². The Hall–Kier alpha value is -4.19. The number of nitrogens with one attached hydrogen (secondary N) is 1. The Morgan fingerprint density at radius 2 is 1.50 bits per heavy atom. The van der Waals surface area contributed by atoms with Crippen molar-refractivity contribution in [1.29, 1.82) is 0 Å². The van der Waals surface area contributed by atoms with Crippen molar-refractivity contribution in [3.05, 3.63) is 91.3 Å². The van der Waals surface area contributed by atoms with Crippen molar-refractivity contribution in [3.8, 4) is 45.6 Å². The number of aromatic nitrogens is 5. The molecule has 6 heteroatoms. The fourth-order valence-electron chi connectivity index (χ4n) is 3.55. The number of H-pyrrole nitrogens is 1. The van der Waals surface area contributed by atoms with Gasteiger partial charge in [0, 0.05) is 16.7 Å². The largest absolute Gasteiger partial charge is 0.497 e. The van der Waals surface area contributed by atoms with Crippen LogP contribution >= 0.6 is 0 Å². The van der Waals surface area contributed by atoms with Crippen LogP contribution in [0.15, 0.2) is 91.3 Å². The molecule has 0 unspecified atom stereocenters. The summed E-state index contributed by atoms with van der Waals surface area (Å²) in [6, 6.07) is 28.2. The summed E-state index contributed by atoms with van der Waals surface area (Å²) in [5.41, 5.74) is 4.80. The Kier molecular flexibility index (Phi) is 4.57. The van der Waals surface area contributed by atoms with Crippen LogP contribution in [0, 0.1) is 0 Å². The van der Waals surface area contributed by atoms with Gasteiger partial charge in [-0.15, -0.1) is 0 Å². The lowest BCUT2D eigenvalue weighted by atomic mass is 10.0. The third-order valence-corrected chi connectivity index (χ3v) is 4.91. The number of benzene rings is 3. The van der Waals surface area contributed by atoms with Crippen LogP contribution in [0.2, 0.25) is 0 Å². The molecule has 30 heavy (non-hydrogen) atoms. The SMILES string of the molecule is COc1cccc(-c2nc(-c3ccccc3)c(-c3ccccc3)n2-c2ncn[nH]2)c1. The van der Waals surface area contributed by atoms with Crippen LogP contribution in [0.25, 0.3) is 39.9 Å². The van der Waals surface area contributed by atoms with Gasteiger partial charge in [-0.3, -0.25) is 4.57 Å². The van der Waals surface area contributed by atoms with Gasteiger partial charge >= 0.3 is 0 Å². The van der Waals surface area contributed by atoms with Crippen LogP contribution in [-0.4, -0.2) is 31.8 Å². The smallest absolute Gasteiger partial charge is 0.231 e. The molecule has 5 aromatic rings. The van der Waals surface area contributed by atoms with Crippen LogP contribution in [0.5, 0.6) is 5.75 Å². The standard InChI is InChI=1S/C24H19N5O/c1-30-20-14-8-13-19(15-20)23-27-21(17-9-4-2-5-10-17)22(18-11-6-3-7-12-18)29(23)24-25-16-26-28-24/h2-16H,1H3,(H,25,26,28). The lowest BCUT2D eigenvalue weighted by Crippen LogP contribution is -2.02. The molecule has 0 spiro atoms. The topological polar surface area (TPSA) is 68.6 Å². The molecule has 0 radical (unpaired) electrons. The van der Waals surface area contributed by atoms with Crippen LogP contribution in [0.1, 0.15) is 0 Å². The second-order valence-electron chi connectivity index (χ2n) is 6.74. The number of imidazole rings is 1. The van der Waals surface area contributed by atoms with Gasteiger partial charge in [0.15, 0.2) is 0 Å². The van der Waals surface area contributed by atoms with Crippen molar-refractivity contribution in [1.82, 2.24) is 24.7 Å². The van der Waals surface area contributed by atoms with Gasteiger partial charge in [0.05, 0.1) is 18.5 Å². The Morgan fingerprint density at radius 1 is 0.800 bits per heavy atom. The summed E-state index contributed by atoms with van der Waals surface area (Å²) in [6.07, 6.45) is 1.50. The number of aromatic amines is 1. The maximum absolute atomic E-state index is 5.44. The molecule has 146 valence electrons. The molecule has 0 amide bonds. The molecule has 0 aliphatic carbocycles. The van der Waals surface area contributed by atoms with E-state index in [1.165, 1.54) is 6.33 Å². The van der Waals surface area contributed by atoms with E-state index in [2.05, 4.69) is 39.4 Å². The third-order valence-electron chi connectivity index (χ3n) is 4.91. The summed E-state index contributed by atoms with van der Waals surface area (Å²) < 4.78 is 7.45. The van der Waals surface area contributed by atoms with Crippen molar-refractivity contribution >= 4 is 0 Å². The first-order valence-corrected chi connectivity index (χ1v) is 9.59. The van der Waals surface area contributed by atoms with Crippen molar-refractivity contribution < 1.29 is 4.74 Å². The quantitative estimate of drug-likeness (QED) is 0.456. The van der Waals surface area contributed by atoms with E-state index >= 15 is 0 Å². The van der Waals surface area contributed by atoms with E-state index < -0.39 is 0 Å². The maximum Gasteiger partial charge on any atom is 0.231 e. The highest BCUT2D eigenvalue weighted by atomic mass is 16.5. The molecular formula is C24H19N5O. The van der Waals surface area contributed by atoms with Gasteiger partial charge in [-0.1, -0.05) is 72.8 Å². The van der Waals surface area contributed by atoms with E-state index in [0.717, 1.165) is 39.7 Å². The van der Waals surface area contributed by atoms with Crippen LogP contribution in [0.4, 0.5) is 0 Å². The second-order valence-corrected chi connectivity index (χ2v) is 6.74. The average molecular weight is 393 g/mol. The number of rotatable bonds is 5. The molecule has 0 aliphatic rings. The normalized spacial score (nSPS) is 10.8. The van der Waals surface area contributed by atoms with Crippen LogP contribution in [0.3, 0.4) is 0 Å². The molecule has 0 fully saturated rings. The Bertz CT molecular complexity index is 1260. The number of methoxy groups -OCH3 is 1. The summed E-state index contributed by atoms with van der Waals surface area (Å²) in [7, 11) is 1.66. The number of nitrogens with zero attached hydrogens (tertiary/aromatic N) is 4. The number of ether oxygens (including phenoxy) is 1. The minimum absolute atomic E-state index is 0.598. The molecule has 0 aliphatic heterocycles. The number of hydrogen-bond acceptors (Lipinski definition) is 4. The first kappa shape index (κ1) is 17.9. The lowest BCUT2D eigenvalue weighted by Gasteiger charge is -2.11. The predicted molar refractivity (Wildman–Crippen MR) is 116 cm³/mol. The van der Waals surface area contributed by atoms with E-state index in [-0.39, 0.29) is 0 Å². The Labute approximate surface area is 173 Å². The van der Waals surface area contributed by atoms with Gasteiger partial charge in [0.25, 0.3) is 0 Å². The zero-order valence-electron chi connectivity index (χ0n) is 16.4. The first-order chi connectivity index (χ1) is 14.8. The molecule has 0 saturated heterocycles. The summed E-state index contributed by atoms with van der Waals surface area (Å²) in [5.74, 6) is 2.12. The van der Waals surface area contributed by atoms with Gasteiger partial charge in [-0.25, -0.2) is 10.1 Å². The minimum atomic E-state index is 0.598. The lowest BCUT2D eigenvalue weighted by molar-refractivity contribution is 0.415. The molecule has 6 nitrogen and oxygen atoms in total. The van der Waals surface area contributed by atoms with Gasteiger partial charge in [-0.2, -0.15) is 10.1 Å². The van der Waals surface area contributed by atoms with E-state index in [9.17, 15) is 0 Å². The van der Waals surface area contributed by atoms with E-state index in [4.69, 9.17) is 9.72 Å². The third kappa shape index (κ3) is 3.14. The second kappa shape index (κ2) is 7.67. The van der Waals surface area contributed by atoms with E-state index in [1.54, 1.807) is 7.11 Å². The Balaban J connectivity index is 1.86. The summed E-state index contributed by atoms with van der Waals surface area (Å²) in [5, 5.41) is 7.07. The van der Waals surface area contributed by atoms with E-state index in [0.29, 0.717) is 5.95 Å².